The molecule has 0 amide bonds. The van der Waals surface area contributed by atoms with Crippen molar-refractivity contribution in [2.45, 2.75) is 13.1 Å². The maximum absolute atomic E-state index is 12.3. The van der Waals surface area contributed by atoms with Crippen molar-refractivity contribution >= 4 is 17.9 Å². The van der Waals surface area contributed by atoms with Crippen molar-refractivity contribution in [2.75, 3.05) is 0 Å². The van der Waals surface area contributed by atoms with E-state index in [0.717, 1.165) is 22.9 Å². The SMILES string of the molecule is Cc1cc(C(=O)O)cc(C(=O)O)c1.O=C(O)c1ccn(-c2ccc(C(F)(F)F)cn2)n1. The van der Waals surface area contributed by atoms with Gasteiger partial charge >= 0.3 is 24.1 Å². The third kappa shape index (κ3) is 6.13. The zero-order valence-electron chi connectivity index (χ0n) is 15.7. The molecule has 2 heterocycles. The van der Waals surface area contributed by atoms with Crippen molar-refractivity contribution in [3.63, 3.8) is 0 Å². The van der Waals surface area contributed by atoms with Crippen LogP contribution in [0.2, 0.25) is 0 Å². The Morgan fingerprint density at radius 2 is 1.48 bits per heavy atom. The minimum absolute atomic E-state index is 0.00241. The Morgan fingerprint density at radius 3 is 1.87 bits per heavy atom. The number of pyridine rings is 1. The molecule has 0 unspecified atom stereocenters. The number of carbonyl (C=O) groups is 3. The lowest BCUT2D eigenvalue weighted by Gasteiger charge is -2.06. The summed E-state index contributed by atoms with van der Waals surface area (Å²) < 4.78 is 38.0. The molecule has 0 radical (unpaired) electrons. The number of hydrogen-bond acceptors (Lipinski definition) is 5. The standard InChI is InChI=1S/C10H6F3N3O2.C9H8O4/c11-10(12,13)6-1-2-8(14-5-6)16-4-3-7(15-16)9(17)18;1-5-2-6(8(10)11)4-7(3-5)9(12)13/h1-5H,(H,17,18);2-4H,1H3,(H,10,11)(H,12,13). The van der Waals surface area contributed by atoms with Gasteiger partial charge in [0.1, 0.15) is 0 Å². The van der Waals surface area contributed by atoms with E-state index in [1.54, 1.807) is 6.92 Å². The normalized spacial score (nSPS) is 10.7. The highest BCUT2D eigenvalue weighted by molar-refractivity contribution is 5.94. The third-order valence-electron chi connectivity index (χ3n) is 3.69. The Bertz CT molecular complexity index is 1090. The molecule has 1 aromatic carbocycles. The van der Waals surface area contributed by atoms with Gasteiger partial charge in [0.05, 0.1) is 16.7 Å². The lowest BCUT2D eigenvalue weighted by molar-refractivity contribution is -0.137. The number of carboxylic acids is 3. The monoisotopic (exact) mass is 437 g/mol. The summed E-state index contributed by atoms with van der Waals surface area (Å²) in [5, 5.41) is 29.5. The van der Waals surface area contributed by atoms with Crippen LogP contribution in [0.1, 0.15) is 42.3 Å². The summed E-state index contributed by atoms with van der Waals surface area (Å²) in [6.07, 6.45) is -2.49. The van der Waals surface area contributed by atoms with Crippen molar-refractivity contribution in [3.8, 4) is 5.82 Å². The van der Waals surface area contributed by atoms with Crippen molar-refractivity contribution in [3.05, 3.63) is 76.7 Å². The van der Waals surface area contributed by atoms with Gasteiger partial charge in [-0.2, -0.15) is 18.3 Å². The first-order valence-corrected chi connectivity index (χ1v) is 8.29. The van der Waals surface area contributed by atoms with E-state index in [0.29, 0.717) is 11.8 Å². The van der Waals surface area contributed by atoms with Gasteiger partial charge in [0.25, 0.3) is 0 Å². The van der Waals surface area contributed by atoms with Crippen LogP contribution in [0.25, 0.3) is 5.82 Å². The minimum Gasteiger partial charge on any atom is -0.478 e. The van der Waals surface area contributed by atoms with Gasteiger partial charge in [-0.15, -0.1) is 0 Å². The molecule has 0 fully saturated rings. The Labute approximate surface area is 172 Å². The molecule has 0 saturated carbocycles. The van der Waals surface area contributed by atoms with Gasteiger partial charge in [0, 0.05) is 12.4 Å². The number of benzene rings is 1. The average Bonchev–Trinajstić information content (AvgIpc) is 3.18. The number of nitrogens with zero attached hydrogens (tertiary/aromatic N) is 3. The molecule has 162 valence electrons. The fraction of sp³-hybridized carbons (Fsp3) is 0.105. The number of aryl methyl sites for hydroxylation is 1. The molecule has 3 aromatic rings. The van der Waals surface area contributed by atoms with Crippen LogP contribution in [-0.4, -0.2) is 48.0 Å². The molecular weight excluding hydrogens is 423 g/mol. The lowest BCUT2D eigenvalue weighted by Crippen LogP contribution is -2.07. The highest BCUT2D eigenvalue weighted by Crippen LogP contribution is 2.28. The fourth-order valence-electron chi connectivity index (χ4n) is 2.28. The third-order valence-corrected chi connectivity index (χ3v) is 3.69. The second-order valence-electron chi connectivity index (χ2n) is 6.05. The summed E-state index contributed by atoms with van der Waals surface area (Å²) in [6, 6.07) is 7.18. The minimum atomic E-state index is -4.46. The molecule has 0 spiro atoms. The molecule has 0 aliphatic rings. The maximum atomic E-state index is 12.3. The predicted octanol–water partition coefficient (Wildman–Crippen LogP) is 3.38. The zero-order valence-corrected chi connectivity index (χ0v) is 15.7. The Balaban J connectivity index is 0.000000233. The summed E-state index contributed by atoms with van der Waals surface area (Å²) in [4.78, 5) is 35.2. The van der Waals surface area contributed by atoms with Crippen molar-refractivity contribution in [1.82, 2.24) is 14.8 Å². The summed E-state index contributed by atoms with van der Waals surface area (Å²) in [5.41, 5.74) is -0.472. The molecule has 9 nitrogen and oxygen atoms in total. The largest absolute Gasteiger partial charge is 0.478 e. The molecule has 2 aromatic heterocycles. The first-order chi connectivity index (χ1) is 14.4. The van der Waals surface area contributed by atoms with Crippen molar-refractivity contribution in [1.29, 1.82) is 0 Å². The number of halogens is 3. The molecule has 31 heavy (non-hydrogen) atoms. The number of aromatic nitrogens is 3. The molecule has 0 bridgehead atoms. The number of aromatic carboxylic acids is 3. The number of alkyl halides is 3. The van der Waals surface area contributed by atoms with Gasteiger partial charge in [-0.05, 0) is 48.9 Å². The second kappa shape index (κ2) is 9.07. The molecule has 3 N–H and O–H groups in total. The first-order valence-electron chi connectivity index (χ1n) is 8.29. The molecular formula is C19H14F3N3O6. The van der Waals surface area contributed by atoms with E-state index in [2.05, 4.69) is 10.1 Å². The van der Waals surface area contributed by atoms with Crippen LogP contribution in [0.4, 0.5) is 13.2 Å². The van der Waals surface area contributed by atoms with Gasteiger partial charge in [-0.3, -0.25) is 0 Å². The molecule has 0 saturated heterocycles. The van der Waals surface area contributed by atoms with Crippen LogP contribution in [0.15, 0.2) is 48.8 Å². The van der Waals surface area contributed by atoms with Gasteiger partial charge < -0.3 is 15.3 Å². The number of hydrogen-bond donors (Lipinski definition) is 3. The number of rotatable bonds is 4. The van der Waals surface area contributed by atoms with E-state index in [1.807, 2.05) is 0 Å². The smallest absolute Gasteiger partial charge is 0.417 e. The van der Waals surface area contributed by atoms with Gasteiger partial charge in [-0.1, -0.05) is 0 Å². The molecule has 12 heteroatoms. The predicted molar refractivity (Wildman–Crippen MR) is 98.4 cm³/mol. The summed E-state index contributed by atoms with van der Waals surface area (Å²) in [6.45, 7) is 1.65. The maximum Gasteiger partial charge on any atom is 0.417 e. The quantitative estimate of drug-likeness (QED) is 0.564. The zero-order chi connectivity index (χ0) is 23.3. The van der Waals surface area contributed by atoms with Crippen molar-refractivity contribution < 1.29 is 42.9 Å². The van der Waals surface area contributed by atoms with E-state index in [1.165, 1.54) is 24.4 Å². The topological polar surface area (TPSA) is 143 Å². The Hall–Kier alpha value is -4.22. The Kier molecular flexibility index (Phi) is 6.75. The van der Waals surface area contributed by atoms with Crippen LogP contribution >= 0.6 is 0 Å². The fourth-order valence-corrected chi connectivity index (χ4v) is 2.28. The highest BCUT2D eigenvalue weighted by atomic mass is 19.4. The van der Waals surface area contributed by atoms with Crippen molar-refractivity contribution in [2.24, 2.45) is 0 Å². The van der Waals surface area contributed by atoms with Crippen LogP contribution in [0, 0.1) is 6.92 Å². The van der Waals surface area contributed by atoms with E-state index in [4.69, 9.17) is 15.3 Å². The van der Waals surface area contributed by atoms with Crippen LogP contribution < -0.4 is 0 Å². The van der Waals surface area contributed by atoms with Gasteiger partial charge in [-0.25, -0.2) is 24.0 Å². The highest BCUT2D eigenvalue weighted by Gasteiger charge is 2.30. The second-order valence-corrected chi connectivity index (χ2v) is 6.05. The average molecular weight is 437 g/mol. The van der Waals surface area contributed by atoms with Crippen LogP contribution in [-0.2, 0) is 6.18 Å². The lowest BCUT2D eigenvalue weighted by atomic mass is 10.1. The molecule has 0 aliphatic heterocycles. The summed E-state index contributed by atoms with van der Waals surface area (Å²) in [5.74, 6) is -3.35. The molecule has 0 aliphatic carbocycles. The summed E-state index contributed by atoms with van der Waals surface area (Å²) in [7, 11) is 0. The van der Waals surface area contributed by atoms with E-state index in [-0.39, 0.29) is 22.6 Å². The van der Waals surface area contributed by atoms with Gasteiger partial charge in [0.15, 0.2) is 11.5 Å². The Morgan fingerprint density at radius 1 is 0.903 bits per heavy atom. The number of carboxylic acid groups (broad SMARTS) is 3. The van der Waals surface area contributed by atoms with Crippen LogP contribution in [0.3, 0.4) is 0 Å². The molecule has 0 atom stereocenters. The summed E-state index contributed by atoms with van der Waals surface area (Å²) >= 11 is 0. The van der Waals surface area contributed by atoms with Gasteiger partial charge in [0.2, 0.25) is 0 Å². The van der Waals surface area contributed by atoms with Crippen LogP contribution in [0.5, 0.6) is 0 Å². The van der Waals surface area contributed by atoms with E-state index >= 15 is 0 Å². The molecule has 3 rings (SSSR count). The van der Waals surface area contributed by atoms with E-state index < -0.39 is 29.6 Å². The first kappa shape index (κ1) is 23.1. The van der Waals surface area contributed by atoms with E-state index in [9.17, 15) is 27.6 Å².